The zero-order chi connectivity index (χ0) is 15.1. The molecule has 2 N–H and O–H groups in total. The summed E-state index contributed by atoms with van der Waals surface area (Å²) in [6.07, 6.45) is 1.16. The van der Waals surface area contributed by atoms with E-state index in [1.54, 1.807) is 0 Å². The van der Waals surface area contributed by atoms with Crippen molar-refractivity contribution in [3.63, 3.8) is 0 Å². The third-order valence-corrected chi connectivity index (χ3v) is 3.91. The third-order valence-electron chi connectivity index (χ3n) is 3.05. The molecule has 0 spiro atoms. The lowest BCUT2D eigenvalue weighted by atomic mass is 10.1. The number of benzene rings is 2. The molecule has 0 aliphatic rings. The quantitative estimate of drug-likeness (QED) is 0.800. The first kappa shape index (κ1) is 15.5. The molecule has 2 rings (SSSR count). The van der Waals surface area contributed by atoms with Gasteiger partial charge in [-0.25, -0.2) is 13.6 Å². The Labute approximate surface area is 125 Å². The number of hydrogen-bond acceptors (Lipinski definition) is 3. The average molecular weight is 305 g/mol. The van der Waals surface area contributed by atoms with Crippen LogP contribution in [-0.4, -0.2) is 20.8 Å². The van der Waals surface area contributed by atoms with Gasteiger partial charge in [-0.3, -0.25) is 0 Å². The molecule has 5 heteroatoms. The molecule has 0 heterocycles. The summed E-state index contributed by atoms with van der Waals surface area (Å²) < 4.78 is 27.5. The summed E-state index contributed by atoms with van der Waals surface area (Å²) in [5, 5.41) is 4.96. The molecular formula is C16H19NO3S. The number of para-hydroxylation sites is 1. The second-order valence-corrected chi connectivity index (χ2v) is 6.52. The van der Waals surface area contributed by atoms with Crippen molar-refractivity contribution in [3.05, 3.63) is 54.6 Å². The van der Waals surface area contributed by atoms with E-state index in [0.29, 0.717) is 19.4 Å². The second-order valence-electron chi connectivity index (χ2n) is 4.78. The Morgan fingerprint density at radius 1 is 0.905 bits per heavy atom. The minimum absolute atomic E-state index is 0.00328. The van der Waals surface area contributed by atoms with Crippen molar-refractivity contribution in [2.75, 3.05) is 12.4 Å². The van der Waals surface area contributed by atoms with Crippen molar-refractivity contribution in [1.29, 1.82) is 0 Å². The van der Waals surface area contributed by atoms with Crippen molar-refractivity contribution in [3.8, 4) is 16.9 Å². The van der Waals surface area contributed by atoms with Crippen LogP contribution in [0, 0.1) is 0 Å². The van der Waals surface area contributed by atoms with Crippen LogP contribution in [0.1, 0.15) is 12.8 Å². The number of unbranched alkanes of at least 4 members (excludes halogenated alkanes) is 1. The lowest BCUT2D eigenvalue weighted by Crippen LogP contribution is -2.16. The van der Waals surface area contributed by atoms with E-state index in [1.165, 1.54) is 0 Å². The summed E-state index contributed by atoms with van der Waals surface area (Å²) in [6.45, 7) is 0.472. The molecule has 0 amide bonds. The van der Waals surface area contributed by atoms with Gasteiger partial charge in [-0.15, -0.1) is 0 Å². The van der Waals surface area contributed by atoms with Crippen LogP contribution in [0.4, 0.5) is 0 Å². The van der Waals surface area contributed by atoms with Crippen molar-refractivity contribution >= 4 is 10.0 Å². The fourth-order valence-corrected chi connectivity index (χ4v) is 2.64. The number of rotatable bonds is 7. The summed E-state index contributed by atoms with van der Waals surface area (Å²) in [4.78, 5) is 0. The van der Waals surface area contributed by atoms with E-state index < -0.39 is 10.0 Å². The zero-order valence-corrected chi connectivity index (χ0v) is 12.6. The molecule has 0 saturated heterocycles. The fraction of sp³-hybridized carbons (Fsp3) is 0.250. The molecule has 0 fully saturated rings. The number of primary sulfonamides is 1. The highest BCUT2D eigenvalue weighted by molar-refractivity contribution is 7.89. The van der Waals surface area contributed by atoms with Crippen LogP contribution in [-0.2, 0) is 10.0 Å². The van der Waals surface area contributed by atoms with Gasteiger partial charge in [0, 0.05) is 5.56 Å². The molecule has 0 unspecified atom stereocenters. The lowest BCUT2D eigenvalue weighted by Gasteiger charge is -2.11. The molecule has 2 aromatic carbocycles. The molecule has 0 aromatic heterocycles. The highest BCUT2D eigenvalue weighted by atomic mass is 32.2. The normalized spacial score (nSPS) is 11.3. The summed E-state index contributed by atoms with van der Waals surface area (Å²) in [6, 6.07) is 17.8. The van der Waals surface area contributed by atoms with Gasteiger partial charge in [0.2, 0.25) is 10.0 Å². The maximum atomic E-state index is 10.8. The maximum Gasteiger partial charge on any atom is 0.209 e. The summed E-state index contributed by atoms with van der Waals surface area (Å²) in [5.41, 5.74) is 2.13. The molecule has 0 bridgehead atoms. The van der Waals surface area contributed by atoms with Crippen LogP contribution in [0.5, 0.6) is 5.75 Å². The van der Waals surface area contributed by atoms with E-state index in [0.717, 1.165) is 16.9 Å². The first-order valence-electron chi connectivity index (χ1n) is 6.84. The van der Waals surface area contributed by atoms with E-state index in [4.69, 9.17) is 9.88 Å². The molecule has 4 nitrogen and oxygen atoms in total. The third kappa shape index (κ3) is 5.21. The summed E-state index contributed by atoms with van der Waals surface area (Å²) in [7, 11) is -3.38. The smallest absolute Gasteiger partial charge is 0.209 e. The van der Waals surface area contributed by atoms with E-state index in [-0.39, 0.29) is 5.75 Å². The fourth-order valence-electron chi connectivity index (χ4n) is 2.04. The van der Waals surface area contributed by atoms with Gasteiger partial charge in [0.25, 0.3) is 0 Å². The van der Waals surface area contributed by atoms with Crippen LogP contribution < -0.4 is 9.88 Å². The van der Waals surface area contributed by atoms with Crippen LogP contribution >= 0.6 is 0 Å². The van der Waals surface area contributed by atoms with E-state index in [2.05, 4.69) is 0 Å². The molecular weight excluding hydrogens is 286 g/mol. The van der Waals surface area contributed by atoms with Gasteiger partial charge in [0.05, 0.1) is 12.4 Å². The minimum Gasteiger partial charge on any atom is -0.493 e. The predicted octanol–water partition coefficient (Wildman–Crippen LogP) is 2.80. The Kier molecular flexibility index (Phi) is 5.36. The van der Waals surface area contributed by atoms with Gasteiger partial charge >= 0.3 is 0 Å². The Balaban J connectivity index is 1.95. The SMILES string of the molecule is NS(=O)(=O)CCCCOc1ccccc1-c1ccccc1. The predicted molar refractivity (Wildman–Crippen MR) is 84.6 cm³/mol. The summed E-state index contributed by atoms with van der Waals surface area (Å²) >= 11 is 0. The van der Waals surface area contributed by atoms with Crippen LogP contribution in [0.3, 0.4) is 0 Å². The molecule has 0 atom stereocenters. The Hall–Kier alpha value is -1.85. The van der Waals surface area contributed by atoms with Crippen LogP contribution in [0.2, 0.25) is 0 Å². The van der Waals surface area contributed by atoms with Crippen molar-refractivity contribution in [1.82, 2.24) is 0 Å². The van der Waals surface area contributed by atoms with E-state index >= 15 is 0 Å². The first-order chi connectivity index (χ1) is 10.1. The van der Waals surface area contributed by atoms with Gasteiger partial charge < -0.3 is 4.74 Å². The molecule has 0 aliphatic heterocycles. The van der Waals surface area contributed by atoms with Crippen molar-refractivity contribution < 1.29 is 13.2 Å². The number of sulfonamides is 1. The highest BCUT2D eigenvalue weighted by Crippen LogP contribution is 2.29. The molecule has 0 saturated carbocycles. The van der Waals surface area contributed by atoms with Gasteiger partial charge in [-0.2, -0.15) is 0 Å². The monoisotopic (exact) mass is 305 g/mol. The first-order valence-corrected chi connectivity index (χ1v) is 8.55. The van der Waals surface area contributed by atoms with Gasteiger partial charge in [-0.1, -0.05) is 48.5 Å². The number of hydrogen-bond donors (Lipinski definition) is 1. The standard InChI is InChI=1S/C16H19NO3S/c17-21(18,19)13-7-6-12-20-16-11-5-4-10-15(16)14-8-2-1-3-9-14/h1-5,8-11H,6-7,12-13H2,(H2,17,18,19). The van der Waals surface area contributed by atoms with Crippen molar-refractivity contribution in [2.24, 2.45) is 5.14 Å². The second kappa shape index (κ2) is 7.24. The highest BCUT2D eigenvalue weighted by Gasteiger charge is 2.06. The Morgan fingerprint density at radius 2 is 1.57 bits per heavy atom. The minimum atomic E-state index is -3.38. The maximum absolute atomic E-state index is 10.8. The van der Waals surface area contributed by atoms with Gasteiger partial charge in [0.15, 0.2) is 0 Å². The number of ether oxygens (including phenoxy) is 1. The van der Waals surface area contributed by atoms with Crippen LogP contribution in [0.25, 0.3) is 11.1 Å². The van der Waals surface area contributed by atoms with Crippen molar-refractivity contribution in [2.45, 2.75) is 12.8 Å². The zero-order valence-electron chi connectivity index (χ0n) is 11.7. The lowest BCUT2D eigenvalue weighted by molar-refractivity contribution is 0.311. The topological polar surface area (TPSA) is 69.4 Å². The molecule has 2 aromatic rings. The Morgan fingerprint density at radius 3 is 2.29 bits per heavy atom. The molecule has 0 aliphatic carbocycles. The van der Waals surface area contributed by atoms with E-state index in [9.17, 15) is 8.42 Å². The largest absolute Gasteiger partial charge is 0.493 e. The molecule has 0 radical (unpaired) electrons. The van der Waals surface area contributed by atoms with Gasteiger partial charge in [-0.05, 0) is 24.5 Å². The van der Waals surface area contributed by atoms with E-state index in [1.807, 2.05) is 54.6 Å². The molecule has 112 valence electrons. The average Bonchev–Trinajstić information content (AvgIpc) is 2.47. The van der Waals surface area contributed by atoms with Crippen LogP contribution in [0.15, 0.2) is 54.6 Å². The summed E-state index contributed by atoms with van der Waals surface area (Å²) in [5.74, 6) is 0.802. The number of nitrogens with two attached hydrogens (primary N) is 1. The molecule has 21 heavy (non-hydrogen) atoms. The van der Waals surface area contributed by atoms with Gasteiger partial charge in [0.1, 0.15) is 5.75 Å². The Bertz CT molecular complexity index is 669.